The quantitative estimate of drug-likeness (QED) is 0.00764. The van der Waals surface area contributed by atoms with Gasteiger partial charge in [-0.3, -0.25) is 36.4 Å². The van der Waals surface area contributed by atoms with Crippen LogP contribution in [-0.4, -0.2) is 218 Å². The molecule has 0 bridgehead atoms. The Kier molecular flexibility index (Phi) is 23.9. The van der Waals surface area contributed by atoms with Crippen molar-refractivity contribution in [2.75, 3.05) is 19.8 Å². The van der Waals surface area contributed by atoms with Gasteiger partial charge in [0, 0.05) is 13.8 Å². The number of nitrogens with one attached hydrogen (secondary N) is 2. The first-order valence-corrected chi connectivity index (χ1v) is 23.7. The Bertz CT molecular complexity index is 2030. The molecule has 72 heavy (non-hydrogen) atoms. The Hall–Kier alpha value is -2.78. The summed E-state index contributed by atoms with van der Waals surface area (Å²) in [7, 11) is -11.2. The summed E-state index contributed by atoms with van der Waals surface area (Å²) in [4.78, 5) is 49.9. The molecular weight excluding hydrogens is 1090 g/mol. The first kappa shape index (κ1) is 61.8. The molecule has 20 atom stereocenters. The second-order valence-corrected chi connectivity index (χ2v) is 17.9. The van der Waals surface area contributed by atoms with Gasteiger partial charge in [-0.25, -0.2) is 16.8 Å². The molecule has 4 fully saturated rings. The van der Waals surface area contributed by atoms with Crippen LogP contribution in [0.25, 0.3) is 0 Å². The van der Waals surface area contributed by atoms with Gasteiger partial charge in [-0.15, -0.1) is 15.2 Å². The van der Waals surface area contributed by atoms with Crippen molar-refractivity contribution in [3.63, 3.8) is 0 Å². The van der Waals surface area contributed by atoms with Gasteiger partial charge in [0.15, 0.2) is 49.8 Å². The fourth-order valence-corrected chi connectivity index (χ4v) is 8.54. The Morgan fingerprint density at radius 3 is 1.43 bits per heavy atom. The number of hydrogen-bond donors (Lipinski definition) is 7. The van der Waals surface area contributed by atoms with E-state index < -0.39 is 187 Å². The molecule has 416 valence electrons. The highest BCUT2D eigenvalue weighted by atomic mass is 32.3. The summed E-state index contributed by atoms with van der Waals surface area (Å²) in [5.74, 6) is -6.53. The van der Waals surface area contributed by atoms with Gasteiger partial charge in [-0.2, -0.15) is 0 Å². The normalized spacial score (nSPS) is 37.6. The summed E-state index contributed by atoms with van der Waals surface area (Å²) in [6, 6.07) is -3.89. The number of amides is 2. The van der Waals surface area contributed by atoms with Gasteiger partial charge < -0.3 is 113 Å². The number of rotatable bonds is 27. The molecule has 0 radical (unpaired) electrons. The standard InChI is InChI=1S/C31H48N2O35S4/c1-4-5-53-28-12(32-8(2)34)21(19(63-69-67-65-45)10(56-28)6-54-71(47,48)49)58-31-18(40)16(38)23(25(62-31)27(43)44)60-29-13(33-9(3)35)22(59-30-17(39)14(36)15(37)24(61-30)26(41)42)20(64-70-68-66-46)11(57-29)7-55-72(50,51)52/h4,10-25,28-31,36-40,45-46H,1,5-7H2,2-3H3,(H,32,34)(H,33,35)(H,41,42)(H,43,44)(H,47,48,49)(H,50,51,52)/p-6/t10?,11?,12?,13?,14-,15-,16+,17?,18?,19-,20-,21+,22+,23-,24?,25?,28+,29-,30+,31+/m0/s1. The van der Waals surface area contributed by atoms with Crippen molar-refractivity contribution in [1.82, 2.24) is 10.6 Å². The summed E-state index contributed by atoms with van der Waals surface area (Å²) < 4.78 is 141. The topological polar surface area (TPSA) is 548 Å². The molecule has 0 aromatic rings. The van der Waals surface area contributed by atoms with Crippen LogP contribution >= 0.6 is 24.6 Å². The van der Waals surface area contributed by atoms with Crippen molar-refractivity contribution in [1.29, 1.82) is 0 Å². The molecule has 0 aromatic carbocycles. The van der Waals surface area contributed by atoms with Crippen LogP contribution in [0.3, 0.4) is 0 Å². The number of aliphatic hydroxyl groups excluding tert-OH is 5. The number of carbonyl (C=O) groups excluding carboxylic acids is 4. The molecular formula is C31H42N2O35S4-6. The first-order valence-electron chi connectivity index (χ1n) is 19.7. The summed E-state index contributed by atoms with van der Waals surface area (Å²) >= 11 is -0.679. The molecule has 8 unspecified atom stereocenters. The average Bonchev–Trinajstić information content (AvgIpc) is 3.28. The maximum atomic E-state index is 12.9. The van der Waals surface area contributed by atoms with Gasteiger partial charge in [0.05, 0.1) is 31.8 Å². The number of ether oxygens (including phenoxy) is 8. The lowest BCUT2D eigenvalue weighted by atomic mass is 9.94. The Labute approximate surface area is 412 Å². The van der Waals surface area contributed by atoms with E-state index in [9.17, 15) is 91.4 Å². The summed E-state index contributed by atoms with van der Waals surface area (Å²) in [5, 5.41) is 111. The molecule has 2 amide bonds. The van der Waals surface area contributed by atoms with Gasteiger partial charge >= 0.3 is 0 Å². The second kappa shape index (κ2) is 27.8. The molecule has 0 aromatic heterocycles. The van der Waals surface area contributed by atoms with Crippen LogP contribution in [0.1, 0.15) is 13.8 Å². The van der Waals surface area contributed by atoms with Crippen LogP contribution < -0.4 is 31.4 Å². The van der Waals surface area contributed by atoms with E-state index in [0.717, 1.165) is 19.9 Å². The molecule has 4 aliphatic heterocycles. The second-order valence-electron chi connectivity index (χ2n) is 14.8. The zero-order chi connectivity index (χ0) is 53.8. The lowest BCUT2D eigenvalue weighted by molar-refractivity contribution is -0.778. The van der Waals surface area contributed by atoms with Crippen LogP contribution in [0, 0.1) is 0 Å². The largest absolute Gasteiger partial charge is 0.726 e. The fourth-order valence-electron chi connectivity index (χ4n) is 7.19. The van der Waals surface area contributed by atoms with E-state index in [2.05, 4.69) is 44.3 Å². The van der Waals surface area contributed by atoms with Crippen molar-refractivity contribution in [3.05, 3.63) is 12.7 Å². The van der Waals surface area contributed by atoms with E-state index in [1.807, 2.05) is 0 Å². The highest BCUT2D eigenvalue weighted by Gasteiger charge is 2.58. The number of carboxylic acids is 2. The Balaban J connectivity index is 1.80. The predicted octanol–water partition coefficient (Wildman–Crippen LogP) is -12.1. The van der Waals surface area contributed by atoms with Crippen LogP contribution in [-0.2, 0) is 113 Å². The molecule has 0 saturated carbocycles. The molecule has 0 spiro atoms. The van der Waals surface area contributed by atoms with E-state index in [-0.39, 0.29) is 24.6 Å². The van der Waals surface area contributed by atoms with Gasteiger partial charge in [0.2, 0.25) is 32.6 Å². The summed E-state index contributed by atoms with van der Waals surface area (Å²) in [6.07, 6.45) is -40.9. The highest BCUT2D eigenvalue weighted by molar-refractivity contribution is 7.90. The monoisotopic (exact) mass is 1130 g/mol. The minimum atomic E-state index is -5.70. The molecule has 4 rings (SSSR count). The van der Waals surface area contributed by atoms with Crippen LogP contribution in [0.5, 0.6) is 0 Å². The van der Waals surface area contributed by atoms with Crippen molar-refractivity contribution >= 4 is 69.2 Å². The average molecular weight is 1130 g/mol. The van der Waals surface area contributed by atoms with E-state index in [1.54, 1.807) is 0 Å². The fraction of sp³-hybridized carbons (Fsp3) is 0.806. The van der Waals surface area contributed by atoms with Crippen molar-refractivity contribution in [2.45, 2.75) is 137 Å². The first-order chi connectivity index (χ1) is 33.7. The third-order valence-electron chi connectivity index (χ3n) is 10.0. The molecule has 4 aliphatic rings. The molecule has 4 saturated heterocycles. The van der Waals surface area contributed by atoms with E-state index in [4.69, 9.17) is 46.3 Å². The molecule has 0 aliphatic carbocycles. The Morgan fingerprint density at radius 2 is 1.01 bits per heavy atom. The maximum Gasteiger partial charge on any atom is 0.217 e. The third-order valence-corrected chi connectivity index (χ3v) is 11.7. The molecule has 41 heteroatoms. The van der Waals surface area contributed by atoms with E-state index >= 15 is 0 Å². The summed E-state index contributed by atoms with van der Waals surface area (Å²) in [6.45, 7) is 2.06. The molecule has 4 heterocycles. The zero-order valence-electron chi connectivity index (χ0n) is 36.1. The predicted molar refractivity (Wildman–Crippen MR) is 201 cm³/mol. The third kappa shape index (κ3) is 17.1. The van der Waals surface area contributed by atoms with Crippen LogP contribution in [0.4, 0.5) is 0 Å². The van der Waals surface area contributed by atoms with Gasteiger partial charge in [-0.05, 0) is 0 Å². The maximum absolute atomic E-state index is 12.9. The lowest BCUT2D eigenvalue weighted by Gasteiger charge is -2.51. The van der Waals surface area contributed by atoms with Gasteiger partial charge in [0.1, 0.15) is 97.5 Å². The molecule has 7 N–H and O–H groups in total. The smallest absolute Gasteiger partial charge is 0.217 e. The minimum absolute atomic E-state index is 0.293. The minimum Gasteiger partial charge on any atom is -0.726 e. The van der Waals surface area contributed by atoms with Gasteiger partial charge in [0.25, 0.3) is 0 Å². The number of carbonyl (C=O) groups is 4. The number of aliphatic carboxylic acids is 2. The number of hydrogen-bond acceptors (Lipinski definition) is 37. The van der Waals surface area contributed by atoms with Crippen molar-refractivity contribution < 1.29 is 165 Å². The van der Waals surface area contributed by atoms with Crippen LogP contribution in [0.15, 0.2) is 12.7 Å². The van der Waals surface area contributed by atoms with Crippen LogP contribution in [0.2, 0.25) is 0 Å². The highest BCUT2D eigenvalue weighted by Crippen LogP contribution is 2.38. The van der Waals surface area contributed by atoms with Crippen molar-refractivity contribution in [2.24, 2.45) is 0 Å². The molecule has 37 nitrogen and oxygen atoms in total. The zero-order valence-corrected chi connectivity index (χ0v) is 39.3. The lowest BCUT2D eigenvalue weighted by Crippen LogP contribution is -2.71. The number of carboxylic acid groups (broad SMARTS) is 2. The Morgan fingerprint density at radius 1 is 0.597 bits per heavy atom. The van der Waals surface area contributed by atoms with E-state index in [1.165, 1.54) is 0 Å². The summed E-state index contributed by atoms with van der Waals surface area (Å²) in [5.41, 5.74) is 0. The van der Waals surface area contributed by atoms with E-state index in [0.29, 0.717) is 0 Å². The van der Waals surface area contributed by atoms with Crippen molar-refractivity contribution in [3.8, 4) is 0 Å². The SMILES string of the molecule is C=CCO[C@@H]1OC(COS(=O)(=O)[O-])[C@H](OSOO[O-])[C@H](O[C@@H]2OC(C(=O)[O-])[C@@H](O[C@@H]3OC(COS(=O)(=O)[O-])[C@H](OSOO[O-])[C@H](O[C@@H]4OC(C(=O)[O-])[C@@H](O)[C@H](O)C4O)C3NC(C)=O)[C@H](O)C2O)C1NC(C)=O. The van der Waals surface area contributed by atoms with Gasteiger partial charge in [-0.1, -0.05) is 6.08 Å². The number of aliphatic hydroxyl groups is 5.